The molecule has 0 bridgehead atoms. The number of nitrogens with zero attached hydrogens (tertiary/aromatic N) is 2. The lowest BCUT2D eigenvalue weighted by Crippen LogP contribution is -2.45. The molecular formula is C30H37FN2O2. The van der Waals surface area contributed by atoms with Crippen LogP contribution in [0.25, 0.3) is 10.9 Å². The fraction of sp³-hybridized carbons (Fsp3) is 0.500. The lowest BCUT2D eigenvalue weighted by molar-refractivity contribution is 0.0824. The molecule has 35 heavy (non-hydrogen) atoms. The third kappa shape index (κ3) is 4.88. The van der Waals surface area contributed by atoms with E-state index in [1.54, 1.807) is 23.8 Å². The van der Waals surface area contributed by atoms with Gasteiger partial charge in [-0.1, -0.05) is 25.7 Å². The van der Waals surface area contributed by atoms with Crippen molar-refractivity contribution in [3.8, 4) is 5.75 Å². The van der Waals surface area contributed by atoms with Gasteiger partial charge in [0.1, 0.15) is 11.6 Å². The number of aromatic nitrogens is 1. The molecule has 0 radical (unpaired) electrons. The molecule has 2 aromatic carbocycles. The number of benzene rings is 2. The van der Waals surface area contributed by atoms with E-state index in [-0.39, 0.29) is 11.7 Å². The molecule has 1 aliphatic carbocycles. The van der Waals surface area contributed by atoms with E-state index in [1.165, 1.54) is 75.6 Å². The summed E-state index contributed by atoms with van der Waals surface area (Å²) in [7, 11) is 1.68. The molecule has 0 amide bonds. The van der Waals surface area contributed by atoms with Gasteiger partial charge in [0.15, 0.2) is 0 Å². The van der Waals surface area contributed by atoms with E-state index in [2.05, 4.69) is 11.0 Å². The minimum absolute atomic E-state index is 0.123. The second-order valence-electron chi connectivity index (χ2n) is 10.3. The summed E-state index contributed by atoms with van der Waals surface area (Å²) < 4.78 is 20.8. The van der Waals surface area contributed by atoms with Gasteiger partial charge in [-0.05, 0) is 99.5 Å². The fourth-order valence-corrected chi connectivity index (χ4v) is 6.49. The van der Waals surface area contributed by atoms with Crippen molar-refractivity contribution in [3.05, 3.63) is 65.1 Å². The van der Waals surface area contributed by atoms with Crippen LogP contribution in [0.3, 0.4) is 0 Å². The number of methoxy groups -OCH3 is 1. The number of hydrogen-bond acceptors (Lipinski definition) is 3. The van der Waals surface area contributed by atoms with Crippen molar-refractivity contribution < 1.29 is 13.9 Å². The zero-order chi connectivity index (χ0) is 24.4. The molecule has 2 aliphatic rings. The highest BCUT2D eigenvalue weighted by molar-refractivity contribution is 6.04. The normalized spacial score (nSPS) is 19.8. The van der Waals surface area contributed by atoms with Gasteiger partial charge in [-0.25, -0.2) is 4.39 Å². The van der Waals surface area contributed by atoms with Crippen LogP contribution in [0.15, 0.2) is 42.5 Å². The maximum absolute atomic E-state index is 13.5. The van der Waals surface area contributed by atoms with Gasteiger partial charge in [0, 0.05) is 29.2 Å². The Morgan fingerprint density at radius 1 is 1.00 bits per heavy atom. The monoisotopic (exact) mass is 476 g/mol. The van der Waals surface area contributed by atoms with Crippen molar-refractivity contribution in [1.29, 1.82) is 0 Å². The molecule has 1 unspecified atom stereocenters. The second-order valence-corrected chi connectivity index (χ2v) is 10.3. The molecular weight excluding hydrogens is 439 g/mol. The average Bonchev–Trinajstić information content (AvgIpc) is 3.18. The van der Waals surface area contributed by atoms with E-state index >= 15 is 0 Å². The van der Waals surface area contributed by atoms with E-state index in [0.29, 0.717) is 11.6 Å². The van der Waals surface area contributed by atoms with Crippen LogP contribution in [0, 0.1) is 18.7 Å². The van der Waals surface area contributed by atoms with Gasteiger partial charge in [-0.15, -0.1) is 0 Å². The molecule has 2 fully saturated rings. The number of hydrogen-bond donors (Lipinski definition) is 0. The van der Waals surface area contributed by atoms with E-state index < -0.39 is 0 Å². The maximum Gasteiger partial charge on any atom is 0.262 e. The van der Waals surface area contributed by atoms with Crippen LogP contribution in [0.2, 0.25) is 0 Å². The number of rotatable bonds is 6. The average molecular weight is 477 g/mol. The van der Waals surface area contributed by atoms with Crippen molar-refractivity contribution in [2.45, 2.75) is 70.8 Å². The van der Waals surface area contributed by atoms with E-state index in [0.717, 1.165) is 41.2 Å². The van der Waals surface area contributed by atoms with Crippen LogP contribution >= 0.6 is 0 Å². The third-order valence-electron chi connectivity index (χ3n) is 8.34. The molecule has 5 rings (SSSR count). The topological polar surface area (TPSA) is 34.5 Å². The molecule has 186 valence electrons. The standard InChI is InChI=1S/C30H37FN2O2/c1-21-26(17-19-32-18-7-6-10-28(32)22-8-4-3-5-9-22)27-20-25(35-2)15-16-29(27)33(21)30(34)23-11-13-24(31)14-12-23/h11-16,20,22,28H,3-10,17-19H2,1-2H3. The SMILES string of the molecule is COc1ccc2c(c1)c(CCN1CCCCC1C1CCCCC1)c(C)n2C(=O)c1ccc(F)cc1. The van der Waals surface area contributed by atoms with Crippen molar-refractivity contribution in [2.75, 3.05) is 20.2 Å². The Balaban J connectivity index is 1.46. The summed E-state index contributed by atoms with van der Waals surface area (Å²) in [5.74, 6) is 1.17. The molecule has 4 nitrogen and oxygen atoms in total. The molecule has 1 aliphatic heterocycles. The van der Waals surface area contributed by atoms with Gasteiger partial charge < -0.3 is 4.74 Å². The Morgan fingerprint density at radius 3 is 2.49 bits per heavy atom. The summed E-state index contributed by atoms with van der Waals surface area (Å²) in [5.41, 5.74) is 3.55. The van der Waals surface area contributed by atoms with Crippen LogP contribution in [0.5, 0.6) is 5.75 Å². The van der Waals surface area contributed by atoms with Crippen LogP contribution in [-0.4, -0.2) is 41.6 Å². The Labute approximate surface area is 208 Å². The van der Waals surface area contributed by atoms with Crippen LogP contribution < -0.4 is 4.74 Å². The number of ether oxygens (including phenoxy) is 1. The van der Waals surface area contributed by atoms with Crippen molar-refractivity contribution in [2.24, 2.45) is 5.92 Å². The first-order valence-electron chi connectivity index (χ1n) is 13.3. The molecule has 2 heterocycles. The van der Waals surface area contributed by atoms with E-state index in [9.17, 15) is 9.18 Å². The number of fused-ring (bicyclic) bond motifs is 1. The molecule has 1 aromatic heterocycles. The quantitative estimate of drug-likeness (QED) is 0.394. The van der Waals surface area contributed by atoms with Gasteiger partial charge in [0.25, 0.3) is 5.91 Å². The third-order valence-corrected chi connectivity index (χ3v) is 8.34. The van der Waals surface area contributed by atoms with Crippen LogP contribution in [0.1, 0.15) is 73.0 Å². The first-order chi connectivity index (χ1) is 17.1. The minimum Gasteiger partial charge on any atom is -0.497 e. The van der Waals surface area contributed by atoms with Crippen LogP contribution in [-0.2, 0) is 6.42 Å². The summed E-state index contributed by atoms with van der Waals surface area (Å²) in [5, 5.41) is 1.07. The van der Waals surface area contributed by atoms with Gasteiger partial charge in [0.05, 0.1) is 12.6 Å². The zero-order valence-corrected chi connectivity index (χ0v) is 21.1. The number of likely N-dealkylation sites (tertiary alicyclic amines) is 1. The van der Waals surface area contributed by atoms with E-state index in [1.807, 2.05) is 19.1 Å². The summed E-state index contributed by atoms with van der Waals surface area (Å²) in [4.78, 5) is 16.3. The summed E-state index contributed by atoms with van der Waals surface area (Å²) in [6.07, 6.45) is 11.8. The molecule has 3 aromatic rings. The minimum atomic E-state index is -0.338. The number of carbonyl (C=O) groups excluding carboxylic acids is 1. The highest BCUT2D eigenvalue weighted by Crippen LogP contribution is 2.35. The Hall–Kier alpha value is -2.66. The lowest BCUT2D eigenvalue weighted by Gasteiger charge is -2.42. The molecule has 1 saturated carbocycles. The molecule has 0 spiro atoms. The molecule has 0 N–H and O–H groups in total. The molecule has 5 heteroatoms. The Morgan fingerprint density at radius 2 is 1.74 bits per heavy atom. The fourth-order valence-electron chi connectivity index (χ4n) is 6.49. The number of carbonyl (C=O) groups is 1. The first kappa shape index (κ1) is 24.1. The Kier molecular flexibility index (Phi) is 7.24. The van der Waals surface area contributed by atoms with Crippen LogP contribution in [0.4, 0.5) is 4.39 Å². The van der Waals surface area contributed by atoms with Gasteiger partial charge >= 0.3 is 0 Å². The summed E-state index contributed by atoms with van der Waals surface area (Å²) >= 11 is 0. The molecule has 1 atom stereocenters. The second kappa shape index (κ2) is 10.5. The maximum atomic E-state index is 13.5. The largest absolute Gasteiger partial charge is 0.497 e. The number of halogens is 1. The Bertz CT molecular complexity index is 1180. The summed E-state index contributed by atoms with van der Waals surface area (Å²) in [6, 6.07) is 12.5. The van der Waals surface area contributed by atoms with Crippen molar-refractivity contribution >= 4 is 16.8 Å². The highest BCUT2D eigenvalue weighted by atomic mass is 19.1. The predicted octanol–water partition coefficient (Wildman–Crippen LogP) is 6.76. The van der Waals surface area contributed by atoms with Crippen molar-refractivity contribution in [1.82, 2.24) is 9.47 Å². The lowest BCUT2D eigenvalue weighted by atomic mass is 9.80. The van der Waals surface area contributed by atoms with Gasteiger partial charge in [0.2, 0.25) is 0 Å². The smallest absolute Gasteiger partial charge is 0.262 e. The highest BCUT2D eigenvalue weighted by Gasteiger charge is 2.31. The van der Waals surface area contributed by atoms with Gasteiger partial charge in [-0.2, -0.15) is 0 Å². The van der Waals surface area contributed by atoms with Crippen molar-refractivity contribution in [3.63, 3.8) is 0 Å². The predicted molar refractivity (Wildman–Crippen MR) is 139 cm³/mol. The van der Waals surface area contributed by atoms with Gasteiger partial charge in [-0.3, -0.25) is 14.3 Å². The molecule has 1 saturated heterocycles. The number of piperidine rings is 1. The summed E-state index contributed by atoms with van der Waals surface area (Å²) in [6.45, 7) is 4.23. The first-order valence-corrected chi connectivity index (χ1v) is 13.3. The van der Waals surface area contributed by atoms with E-state index in [4.69, 9.17) is 4.74 Å². The zero-order valence-electron chi connectivity index (χ0n) is 21.1.